The van der Waals surface area contributed by atoms with E-state index in [2.05, 4.69) is 33.4 Å². The lowest BCUT2D eigenvalue weighted by Gasteiger charge is -2.20. The molecule has 0 spiro atoms. The van der Waals surface area contributed by atoms with Gasteiger partial charge >= 0.3 is 0 Å². The Morgan fingerprint density at radius 2 is 2.00 bits per heavy atom. The molecule has 90 valence electrons. The molecule has 4 heteroatoms. The molecule has 1 unspecified atom stereocenters. The lowest BCUT2D eigenvalue weighted by atomic mass is 10.1. The first-order valence-electron chi connectivity index (χ1n) is 5.38. The van der Waals surface area contributed by atoms with Gasteiger partial charge in [0.1, 0.15) is 0 Å². The maximum atomic E-state index is 8.96. The smallest absolute Gasteiger partial charge is 0.0607 e. The van der Waals surface area contributed by atoms with Crippen LogP contribution in [0.5, 0.6) is 0 Å². The molecule has 1 aromatic rings. The van der Waals surface area contributed by atoms with Crippen LogP contribution in [0, 0.1) is 0 Å². The molecular formula is C12H18BrNO2. The van der Waals surface area contributed by atoms with Crippen molar-refractivity contribution in [1.82, 2.24) is 5.32 Å². The van der Waals surface area contributed by atoms with Gasteiger partial charge in [-0.05, 0) is 31.0 Å². The summed E-state index contributed by atoms with van der Waals surface area (Å²) in [4.78, 5) is 0. The van der Waals surface area contributed by atoms with Crippen molar-refractivity contribution < 1.29 is 10.2 Å². The molecule has 0 aliphatic rings. The molecule has 3 nitrogen and oxygen atoms in total. The molecular weight excluding hydrogens is 270 g/mol. The van der Waals surface area contributed by atoms with Crippen LogP contribution in [0.15, 0.2) is 28.7 Å². The Balaban J connectivity index is 2.47. The van der Waals surface area contributed by atoms with Crippen LogP contribution in [0.3, 0.4) is 0 Å². The van der Waals surface area contributed by atoms with E-state index in [0.717, 1.165) is 10.9 Å². The van der Waals surface area contributed by atoms with Crippen molar-refractivity contribution in [2.45, 2.75) is 25.4 Å². The average Bonchev–Trinajstić information content (AvgIpc) is 2.26. The van der Waals surface area contributed by atoms with Gasteiger partial charge in [-0.2, -0.15) is 0 Å². The molecule has 0 radical (unpaired) electrons. The van der Waals surface area contributed by atoms with Gasteiger partial charge in [-0.25, -0.2) is 0 Å². The zero-order chi connectivity index (χ0) is 12.0. The number of rotatable bonds is 6. The summed E-state index contributed by atoms with van der Waals surface area (Å²) < 4.78 is 1.07. The summed E-state index contributed by atoms with van der Waals surface area (Å²) >= 11 is 3.43. The standard InChI is InChI=1S/C12H18BrNO2/c1-9(14-12(7-15)8-16)5-10-3-2-4-11(13)6-10/h2-4,6,9,12,14-16H,5,7-8H2,1H3. The van der Waals surface area contributed by atoms with Crippen LogP contribution in [-0.4, -0.2) is 35.5 Å². The lowest BCUT2D eigenvalue weighted by Crippen LogP contribution is -2.42. The van der Waals surface area contributed by atoms with Crippen LogP contribution < -0.4 is 5.32 Å². The molecule has 1 atom stereocenters. The minimum absolute atomic E-state index is 0.0423. The summed E-state index contributed by atoms with van der Waals surface area (Å²) in [7, 11) is 0. The van der Waals surface area contributed by atoms with Gasteiger partial charge in [0.25, 0.3) is 0 Å². The van der Waals surface area contributed by atoms with Crippen LogP contribution in [0.4, 0.5) is 0 Å². The van der Waals surface area contributed by atoms with Crippen molar-refractivity contribution in [3.8, 4) is 0 Å². The number of halogens is 1. The number of hydrogen-bond donors (Lipinski definition) is 3. The predicted octanol–water partition coefficient (Wildman–Crippen LogP) is 1.32. The van der Waals surface area contributed by atoms with Gasteiger partial charge in [0.05, 0.1) is 19.3 Å². The van der Waals surface area contributed by atoms with Crippen LogP contribution in [-0.2, 0) is 6.42 Å². The van der Waals surface area contributed by atoms with Gasteiger partial charge in [-0.3, -0.25) is 0 Å². The van der Waals surface area contributed by atoms with Gasteiger partial charge in [-0.15, -0.1) is 0 Å². The Bertz CT molecular complexity index is 316. The molecule has 0 bridgehead atoms. The molecule has 1 rings (SSSR count). The third-order valence-corrected chi connectivity index (χ3v) is 2.89. The van der Waals surface area contributed by atoms with E-state index < -0.39 is 0 Å². The highest BCUT2D eigenvalue weighted by Crippen LogP contribution is 2.13. The number of hydrogen-bond acceptors (Lipinski definition) is 3. The number of nitrogens with one attached hydrogen (secondary N) is 1. The van der Waals surface area contributed by atoms with Gasteiger partial charge in [0.2, 0.25) is 0 Å². The number of aliphatic hydroxyl groups excluding tert-OH is 2. The van der Waals surface area contributed by atoms with Gasteiger partial charge in [0, 0.05) is 10.5 Å². The highest BCUT2D eigenvalue weighted by molar-refractivity contribution is 9.10. The van der Waals surface area contributed by atoms with Crippen molar-refractivity contribution in [1.29, 1.82) is 0 Å². The fourth-order valence-corrected chi connectivity index (χ4v) is 2.09. The second-order valence-electron chi connectivity index (χ2n) is 3.96. The zero-order valence-corrected chi connectivity index (χ0v) is 10.9. The fourth-order valence-electron chi connectivity index (χ4n) is 1.64. The van der Waals surface area contributed by atoms with E-state index in [9.17, 15) is 0 Å². The molecule has 0 aromatic heterocycles. The quantitative estimate of drug-likeness (QED) is 0.740. The molecule has 0 aliphatic carbocycles. The van der Waals surface area contributed by atoms with Gasteiger partial charge < -0.3 is 15.5 Å². The van der Waals surface area contributed by atoms with Crippen LogP contribution >= 0.6 is 15.9 Å². The first kappa shape index (κ1) is 13.6. The lowest BCUT2D eigenvalue weighted by molar-refractivity contribution is 0.163. The Kier molecular flexibility index (Phi) is 5.98. The molecule has 0 saturated carbocycles. The minimum Gasteiger partial charge on any atom is -0.395 e. The third kappa shape index (κ3) is 4.61. The van der Waals surface area contributed by atoms with Crippen molar-refractivity contribution in [2.75, 3.05) is 13.2 Å². The second kappa shape index (κ2) is 7.01. The van der Waals surface area contributed by atoms with E-state index in [-0.39, 0.29) is 25.3 Å². The summed E-state index contributed by atoms with van der Waals surface area (Å²) in [5.74, 6) is 0. The largest absolute Gasteiger partial charge is 0.395 e. The molecule has 0 fully saturated rings. The van der Waals surface area contributed by atoms with Crippen LogP contribution in [0.1, 0.15) is 12.5 Å². The maximum Gasteiger partial charge on any atom is 0.0607 e. The Morgan fingerprint density at radius 1 is 1.31 bits per heavy atom. The Morgan fingerprint density at radius 3 is 2.56 bits per heavy atom. The van der Waals surface area contributed by atoms with Crippen molar-refractivity contribution in [3.63, 3.8) is 0 Å². The molecule has 0 amide bonds. The Hall–Kier alpha value is -0.420. The van der Waals surface area contributed by atoms with E-state index in [4.69, 9.17) is 10.2 Å². The van der Waals surface area contributed by atoms with Crippen molar-refractivity contribution >= 4 is 15.9 Å². The maximum absolute atomic E-state index is 8.96. The van der Waals surface area contributed by atoms with Crippen molar-refractivity contribution in [2.24, 2.45) is 0 Å². The monoisotopic (exact) mass is 287 g/mol. The minimum atomic E-state index is -0.234. The molecule has 16 heavy (non-hydrogen) atoms. The first-order chi connectivity index (χ1) is 7.65. The second-order valence-corrected chi connectivity index (χ2v) is 4.88. The van der Waals surface area contributed by atoms with Crippen LogP contribution in [0.2, 0.25) is 0 Å². The zero-order valence-electron chi connectivity index (χ0n) is 9.36. The molecule has 3 N–H and O–H groups in total. The molecule has 1 aromatic carbocycles. The summed E-state index contributed by atoms with van der Waals surface area (Å²) in [6.07, 6.45) is 0.871. The van der Waals surface area contributed by atoms with Crippen molar-refractivity contribution in [3.05, 3.63) is 34.3 Å². The van der Waals surface area contributed by atoms with E-state index in [0.29, 0.717) is 0 Å². The van der Waals surface area contributed by atoms with Crippen LogP contribution in [0.25, 0.3) is 0 Å². The summed E-state index contributed by atoms with van der Waals surface area (Å²) in [6, 6.07) is 8.12. The molecule has 0 saturated heterocycles. The summed E-state index contributed by atoms with van der Waals surface area (Å²) in [5, 5.41) is 21.1. The SMILES string of the molecule is CC(Cc1cccc(Br)c1)NC(CO)CO. The normalized spacial score (nSPS) is 13.1. The first-order valence-corrected chi connectivity index (χ1v) is 6.17. The topological polar surface area (TPSA) is 52.5 Å². The summed E-state index contributed by atoms with van der Waals surface area (Å²) in [5.41, 5.74) is 1.23. The summed E-state index contributed by atoms with van der Waals surface area (Å²) in [6.45, 7) is 1.96. The highest BCUT2D eigenvalue weighted by Gasteiger charge is 2.10. The Labute approximate surface area is 105 Å². The average molecular weight is 288 g/mol. The number of aliphatic hydroxyl groups is 2. The number of benzene rings is 1. The highest BCUT2D eigenvalue weighted by atomic mass is 79.9. The van der Waals surface area contributed by atoms with E-state index >= 15 is 0 Å². The van der Waals surface area contributed by atoms with Gasteiger partial charge in [-0.1, -0.05) is 28.1 Å². The fraction of sp³-hybridized carbons (Fsp3) is 0.500. The molecule has 0 heterocycles. The third-order valence-electron chi connectivity index (χ3n) is 2.39. The van der Waals surface area contributed by atoms with E-state index in [1.807, 2.05) is 19.1 Å². The van der Waals surface area contributed by atoms with E-state index in [1.165, 1.54) is 5.56 Å². The van der Waals surface area contributed by atoms with Gasteiger partial charge in [0.15, 0.2) is 0 Å². The molecule has 0 aliphatic heterocycles. The predicted molar refractivity (Wildman–Crippen MR) is 68.4 cm³/mol. The van der Waals surface area contributed by atoms with E-state index in [1.54, 1.807) is 0 Å².